The van der Waals surface area contributed by atoms with Crippen LogP contribution in [0.15, 0.2) is 48.5 Å². The Balaban J connectivity index is 1.87. The minimum absolute atomic E-state index is 0.00456. The van der Waals surface area contributed by atoms with Crippen molar-refractivity contribution in [1.29, 1.82) is 0 Å². The molecule has 3 aromatic rings. The number of carbonyl (C=O) groups excluding carboxylic acids is 1. The van der Waals surface area contributed by atoms with Crippen LogP contribution in [0.2, 0.25) is 5.02 Å². The third-order valence-electron chi connectivity index (χ3n) is 4.05. The van der Waals surface area contributed by atoms with Crippen molar-refractivity contribution >= 4 is 44.9 Å². The van der Waals surface area contributed by atoms with Crippen LogP contribution < -0.4 is 5.32 Å². The van der Waals surface area contributed by atoms with Gasteiger partial charge in [-0.3, -0.25) is 4.79 Å². The van der Waals surface area contributed by atoms with Crippen LogP contribution in [0.1, 0.15) is 20.8 Å². The summed E-state index contributed by atoms with van der Waals surface area (Å²) in [5, 5.41) is 12.1. The number of benzene rings is 2. The van der Waals surface area contributed by atoms with Crippen LogP contribution in [-0.2, 0) is 17.4 Å². The van der Waals surface area contributed by atoms with E-state index in [-0.39, 0.29) is 21.0 Å². The van der Waals surface area contributed by atoms with E-state index in [2.05, 4.69) is 5.32 Å². The maximum Gasteiger partial charge on any atom is 0.416 e. The zero-order valence-corrected chi connectivity index (χ0v) is 15.7. The molecule has 0 spiro atoms. The zero-order valence-electron chi connectivity index (χ0n) is 14.1. The molecule has 0 aliphatic carbocycles. The number of carboxylic acids is 1. The highest BCUT2D eigenvalue weighted by Gasteiger charge is 2.31. The largest absolute Gasteiger partial charge is 0.480 e. The van der Waals surface area contributed by atoms with Gasteiger partial charge in [-0.1, -0.05) is 48.0 Å². The van der Waals surface area contributed by atoms with E-state index in [1.807, 2.05) is 0 Å². The van der Waals surface area contributed by atoms with Crippen LogP contribution >= 0.6 is 22.9 Å². The number of amides is 1. The molecule has 0 saturated heterocycles. The first-order valence-corrected chi connectivity index (χ1v) is 9.23. The lowest BCUT2D eigenvalue weighted by Gasteiger charge is -2.14. The minimum Gasteiger partial charge on any atom is -0.480 e. The Labute approximate surface area is 166 Å². The number of nitrogens with one attached hydrogen (secondary N) is 1. The first kappa shape index (κ1) is 20.2. The first-order chi connectivity index (χ1) is 13.2. The molecule has 0 bridgehead atoms. The number of aliphatic carboxylic acids is 1. The highest BCUT2D eigenvalue weighted by Crippen LogP contribution is 2.39. The van der Waals surface area contributed by atoms with Gasteiger partial charge in [0.1, 0.15) is 10.9 Å². The van der Waals surface area contributed by atoms with Crippen molar-refractivity contribution in [2.75, 3.05) is 0 Å². The summed E-state index contributed by atoms with van der Waals surface area (Å²) in [4.78, 5) is 24.0. The summed E-state index contributed by atoms with van der Waals surface area (Å²) < 4.78 is 38.8. The lowest BCUT2D eigenvalue weighted by atomic mass is 10.1. The number of hydrogen-bond donors (Lipinski definition) is 2. The van der Waals surface area contributed by atoms with E-state index in [4.69, 9.17) is 11.6 Å². The van der Waals surface area contributed by atoms with E-state index in [1.54, 1.807) is 30.3 Å². The molecule has 0 radical (unpaired) electrons. The quantitative estimate of drug-likeness (QED) is 0.602. The minimum atomic E-state index is -4.52. The lowest BCUT2D eigenvalue weighted by Crippen LogP contribution is -2.42. The lowest BCUT2D eigenvalue weighted by molar-refractivity contribution is -0.139. The van der Waals surface area contributed by atoms with E-state index < -0.39 is 29.7 Å². The number of carboxylic acid groups (broad SMARTS) is 1. The fourth-order valence-electron chi connectivity index (χ4n) is 2.66. The van der Waals surface area contributed by atoms with Gasteiger partial charge in [0.15, 0.2) is 0 Å². The second-order valence-electron chi connectivity index (χ2n) is 6.01. The summed E-state index contributed by atoms with van der Waals surface area (Å²) in [5.74, 6) is -1.98. The second-order valence-corrected chi connectivity index (χ2v) is 7.44. The van der Waals surface area contributed by atoms with E-state index in [9.17, 15) is 27.9 Å². The van der Waals surface area contributed by atoms with E-state index in [0.717, 1.165) is 23.5 Å². The number of hydrogen-bond acceptors (Lipinski definition) is 3. The number of halogens is 4. The molecule has 0 aliphatic heterocycles. The van der Waals surface area contributed by atoms with Gasteiger partial charge in [0.2, 0.25) is 0 Å². The van der Waals surface area contributed by atoms with E-state index in [1.165, 1.54) is 6.07 Å². The Kier molecular flexibility index (Phi) is 5.62. The van der Waals surface area contributed by atoms with Crippen molar-refractivity contribution in [3.8, 4) is 0 Å². The molecular formula is C19H13ClF3NO3S. The molecule has 3 rings (SSSR count). The van der Waals surface area contributed by atoms with Crippen LogP contribution in [0.25, 0.3) is 10.1 Å². The van der Waals surface area contributed by atoms with Crippen LogP contribution in [0.4, 0.5) is 13.2 Å². The number of fused-ring (bicyclic) bond motifs is 1. The van der Waals surface area contributed by atoms with Crippen LogP contribution in [-0.4, -0.2) is 23.0 Å². The summed E-state index contributed by atoms with van der Waals surface area (Å²) >= 11 is 6.95. The number of rotatable bonds is 5. The fourth-order valence-corrected chi connectivity index (χ4v) is 4.12. The molecule has 1 heterocycles. The van der Waals surface area contributed by atoms with Gasteiger partial charge < -0.3 is 10.4 Å². The van der Waals surface area contributed by atoms with Gasteiger partial charge in [-0.05, 0) is 17.7 Å². The molecule has 146 valence electrons. The molecule has 28 heavy (non-hydrogen) atoms. The molecule has 2 N–H and O–H groups in total. The first-order valence-electron chi connectivity index (χ1n) is 8.03. The van der Waals surface area contributed by atoms with Crippen LogP contribution in [0.5, 0.6) is 0 Å². The summed E-state index contributed by atoms with van der Waals surface area (Å²) in [5.41, 5.74) is -0.134. The van der Waals surface area contributed by atoms with Crippen molar-refractivity contribution in [3.05, 3.63) is 69.6 Å². The van der Waals surface area contributed by atoms with Crippen molar-refractivity contribution in [2.24, 2.45) is 0 Å². The van der Waals surface area contributed by atoms with Gasteiger partial charge in [0.05, 0.1) is 10.6 Å². The monoisotopic (exact) mass is 427 g/mol. The van der Waals surface area contributed by atoms with Gasteiger partial charge in [0, 0.05) is 16.5 Å². The van der Waals surface area contributed by atoms with Gasteiger partial charge >= 0.3 is 12.1 Å². The van der Waals surface area contributed by atoms with Crippen LogP contribution in [0, 0.1) is 0 Å². The molecule has 2 aromatic carbocycles. The van der Waals surface area contributed by atoms with E-state index in [0.29, 0.717) is 10.9 Å². The average Bonchev–Trinajstić information content (AvgIpc) is 2.97. The molecule has 0 aliphatic rings. The number of thiophene rings is 1. The summed E-state index contributed by atoms with van der Waals surface area (Å²) in [6.07, 6.45) is -4.46. The molecule has 1 amide bonds. The third-order valence-corrected chi connectivity index (χ3v) is 5.71. The molecule has 1 aromatic heterocycles. The molecule has 4 nitrogen and oxygen atoms in total. The van der Waals surface area contributed by atoms with Gasteiger partial charge in [0.25, 0.3) is 5.91 Å². The van der Waals surface area contributed by atoms with Gasteiger partial charge in [-0.2, -0.15) is 13.2 Å². The number of carbonyl (C=O) groups is 2. The summed E-state index contributed by atoms with van der Waals surface area (Å²) in [6.45, 7) is 0. The molecule has 0 fully saturated rings. The topological polar surface area (TPSA) is 66.4 Å². The van der Waals surface area contributed by atoms with Gasteiger partial charge in [-0.25, -0.2) is 4.79 Å². The maximum absolute atomic E-state index is 12.9. The Hall–Kier alpha value is -2.58. The average molecular weight is 428 g/mol. The molecule has 1 unspecified atom stereocenters. The van der Waals surface area contributed by atoms with Crippen molar-refractivity contribution in [2.45, 2.75) is 18.6 Å². The van der Waals surface area contributed by atoms with Crippen molar-refractivity contribution in [3.63, 3.8) is 0 Å². The third kappa shape index (κ3) is 4.28. The summed E-state index contributed by atoms with van der Waals surface area (Å²) in [6, 6.07) is 10.5. The Morgan fingerprint density at radius 1 is 1.14 bits per heavy atom. The Morgan fingerprint density at radius 3 is 2.43 bits per heavy atom. The molecule has 1 atom stereocenters. The maximum atomic E-state index is 12.9. The highest BCUT2D eigenvalue weighted by molar-refractivity contribution is 7.21. The molecular weight excluding hydrogens is 415 g/mol. The number of alkyl halides is 3. The SMILES string of the molecule is O=C(NC(Cc1ccccc1)C(=O)O)c1sc2cc(C(F)(F)F)ccc2c1Cl. The second kappa shape index (κ2) is 7.81. The van der Waals surface area contributed by atoms with Crippen LogP contribution in [0.3, 0.4) is 0 Å². The predicted molar refractivity (Wildman–Crippen MR) is 101 cm³/mol. The predicted octanol–water partition coefficient (Wildman–Crippen LogP) is 5.00. The Bertz CT molecular complexity index is 1030. The summed E-state index contributed by atoms with van der Waals surface area (Å²) in [7, 11) is 0. The highest BCUT2D eigenvalue weighted by atomic mass is 35.5. The van der Waals surface area contributed by atoms with Crippen molar-refractivity contribution < 1.29 is 27.9 Å². The fraction of sp³-hybridized carbons (Fsp3) is 0.158. The van der Waals surface area contributed by atoms with E-state index >= 15 is 0 Å². The van der Waals surface area contributed by atoms with Crippen molar-refractivity contribution in [1.82, 2.24) is 5.32 Å². The normalized spacial score (nSPS) is 12.7. The standard InChI is InChI=1S/C19H13ClF3NO3S/c20-15-12-7-6-11(19(21,22)23)9-14(12)28-16(15)17(25)24-13(18(26)27)8-10-4-2-1-3-5-10/h1-7,9,13H,8H2,(H,24,25)(H,26,27). The molecule has 0 saturated carbocycles. The molecule has 9 heteroatoms. The smallest absolute Gasteiger partial charge is 0.416 e. The zero-order chi connectivity index (χ0) is 20.5. The Morgan fingerprint density at radius 2 is 1.82 bits per heavy atom. The van der Waals surface area contributed by atoms with Gasteiger partial charge in [-0.15, -0.1) is 11.3 Å².